The maximum atomic E-state index is 7.62. The van der Waals surface area contributed by atoms with Crippen molar-refractivity contribution in [3.8, 4) is 0 Å². The van der Waals surface area contributed by atoms with E-state index < -0.39 is 0 Å². The number of hydrogen-bond donors (Lipinski definition) is 2. The lowest BCUT2D eigenvalue weighted by Gasteiger charge is -1.83. The molecule has 0 aromatic rings. The number of aliphatic hydroxyl groups excluding tert-OH is 2. The molecule has 0 atom stereocenters. The van der Waals surface area contributed by atoms with Crippen LogP contribution in [0.1, 0.15) is 0 Å². The van der Waals surface area contributed by atoms with Gasteiger partial charge in [0.1, 0.15) is 0 Å². The van der Waals surface area contributed by atoms with Gasteiger partial charge in [-0.05, 0) is 0 Å². The van der Waals surface area contributed by atoms with Crippen LogP contribution in [0.2, 0.25) is 0 Å². The van der Waals surface area contributed by atoms with Crippen LogP contribution in [0.25, 0.3) is 0 Å². The Balaban J connectivity index is 0. The van der Waals surface area contributed by atoms with E-state index in [4.69, 9.17) is 10.2 Å². The fourth-order valence-corrected chi connectivity index (χ4v) is 0.401. The van der Waals surface area contributed by atoms with Crippen molar-refractivity contribution < 1.29 is 14.9 Å². The van der Waals surface area contributed by atoms with Crippen molar-refractivity contribution >= 4 is 15.9 Å². The smallest absolute Gasteiger partial charge is 0.0662 e. The molecule has 0 fully saturated rings. The standard InChI is InChI=1S/C3H7BrO.C2H6O2/c1-5-3-2-4;3-1-2-4/h2-3H2,1H3;3-4H,1-2H2. The first kappa shape index (κ1) is 12.1. The highest BCUT2D eigenvalue weighted by Crippen LogP contribution is 1.75. The van der Waals surface area contributed by atoms with Crippen molar-refractivity contribution in [2.45, 2.75) is 0 Å². The summed E-state index contributed by atoms with van der Waals surface area (Å²) in [6, 6.07) is 0. The summed E-state index contributed by atoms with van der Waals surface area (Å²) in [5.41, 5.74) is 0. The molecule has 0 aliphatic carbocycles. The zero-order valence-electron chi connectivity index (χ0n) is 5.51. The average molecular weight is 201 g/mol. The second kappa shape index (κ2) is 15.8. The van der Waals surface area contributed by atoms with E-state index in [0.29, 0.717) is 0 Å². The van der Waals surface area contributed by atoms with Gasteiger partial charge in [-0.3, -0.25) is 0 Å². The Kier molecular flexibility index (Phi) is 21.2. The van der Waals surface area contributed by atoms with Crippen LogP contribution in [0.4, 0.5) is 0 Å². The molecule has 9 heavy (non-hydrogen) atoms. The first-order valence-corrected chi connectivity index (χ1v) is 3.72. The Bertz CT molecular complexity index is 31.4. The quantitative estimate of drug-likeness (QED) is 0.632. The molecular formula is C5H13BrO3. The van der Waals surface area contributed by atoms with Crippen molar-refractivity contribution in [1.29, 1.82) is 0 Å². The van der Waals surface area contributed by atoms with Gasteiger partial charge in [-0.2, -0.15) is 0 Å². The number of alkyl halides is 1. The molecule has 3 nitrogen and oxygen atoms in total. The van der Waals surface area contributed by atoms with Crippen LogP contribution in [-0.4, -0.2) is 42.5 Å². The van der Waals surface area contributed by atoms with Gasteiger partial charge in [0.15, 0.2) is 0 Å². The van der Waals surface area contributed by atoms with E-state index in [9.17, 15) is 0 Å². The zero-order chi connectivity index (χ0) is 7.54. The van der Waals surface area contributed by atoms with Crippen LogP contribution < -0.4 is 0 Å². The Morgan fingerprint density at radius 3 is 1.78 bits per heavy atom. The van der Waals surface area contributed by atoms with E-state index >= 15 is 0 Å². The predicted octanol–water partition coefficient (Wildman–Crippen LogP) is -0.00130. The third-order valence-electron chi connectivity index (χ3n) is 0.381. The first-order valence-electron chi connectivity index (χ1n) is 2.60. The fourth-order valence-electron chi connectivity index (χ4n) is 0.0772. The molecule has 0 rings (SSSR count). The largest absolute Gasteiger partial charge is 0.394 e. The third kappa shape index (κ3) is 30.0. The predicted molar refractivity (Wildman–Crippen MR) is 39.8 cm³/mol. The molecule has 0 saturated carbocycles. The molecule has 0 spiro atoms. The van der Waals surface area contributed by atoms with Crippen LogP contribution in [0.5, 0.6) is 0 Å². The molecule has 0 unspecified atom stereocenters. The maximum Gasteiger partial charge on any atom is 0.0662 e. The van der Waals surface area contributed by atoms with Gasteiger partial charge in [-0.1, -0.05) is 15.9 Å². The van der Waals surface area contributed by atoms with Crippen LogP contribution in [0.15, 0.2) is 0 Å². The molecule has 58 valence electrons. The Labute approximate surface area is 63.8 Å². The topological polar surface area (TPSA) is 49.7 Å². The van der Waals surface area contributed by atoms with Crippen LogP contribution >= 0.6 is 15.9 Å². The molecule has 0 saturated heterocycles. The molecule has 0 heterocycles. The van der Waals surface area contributed by atoms with Crippen molar-refractivity contribution in [3.63, 3.8) is 0 Å². The lowest BCUT2D eigenvalue weighted by molar-refractivity contribution is 0.186. The van der Waals surface area contributed by atoms with Crippen molar-refractivity contribution in [2.24, 2.45) is 0 Å². The monoisotopic (exact) mass is 200 g/mol. The molecule has 0 aromatic carbocycles. The summed E-state index contributed by atoms with van der Waals surface area (Å²) < 4.78 is 4.64. The summed E-state index contributed by atoms with van der Waals surface area (Å²) in [6.45, 7) is 0.556. The second-order valence-electron chi connectivity index (χ2n) is 1.13. The minimum Gasteiger partial charge on any atom is -0.394 e. The number of halogens is 1. The molecule has 4 heteroatoms. The number of rotatable bonds is 3. The van der Waals surface area contributed by atoms with Gasteiger partial charge in [0, 0.05) is 12.4 Å². The highest BCUT2D eigenvalue weighted by atomic mass is 79.9. The van der Waals surface area contributed by atoms with E-state index in [1.54, 1.807) is 7.11 Å². The summed E-state index contributed by atoms with van der Waals surface area (Å²) in [5.74, 6) is 0. The molecule has 0 bridgehead atoms. The molecule has 2 N–H and O–H groups in total. The zero-order valence-corrected chi connectivity index (χ0v) is 7.10. The van der Waals surface area contributed by atoms with Gasteiger partial charge in [-0.15, -0.1) is 0 Å². The number of ether oxygens (including phenoxy) is 1. The Hall–Kier alpha value is 0.360. The Morgan fingerprint density at radius 1 is 1.33 bits per heavy atom. The van der Waals surface area contributed by atoms with E-state index in [1.807, 2.05) is 0 Å². The van der Waals surface area contributed by atoms with Gasteiger partial charge in [0.2, 0.25) is 0 Å². The number of hydrogen-bond acceptors (Lipinski definition) is 3. The summed E-state index contributed by atoms with van der Waals surface area (Å²) in [5, 5.41) is 16.2. The molecule has 0 amide bonds. The summed E-state index contributed by atoms with van der Waals surface area (Å²) in [4.78, 5) is 0. The molecule has 0 aliphatic heterocycles. The summed E-state index contributed by atoms with van der Waals surface area (Å²) >= 11 is 3.18. The summed E-state index contributed by atoms with van der Waals surface area (Å²) in [7, 11) is 1.68. The average Bonchev–Trinajstić information content (AvgIpc) is 1.91. The van der Waals surface area contributed by atoms with E-state index in [-0.39, 0.29) is 13.2 Å². The fraction of sp³-hybridized carbons (Fsp3) is 1.00. The minimum absolute atomic E-state index is 0.125. The van der Waals surface area contributed by atoms with Crippen molar-refractivity contribution in [2.75, 3.05) is 32.3 Å². The minimum atomic E-state index is -0.125. The highest BCUT2D eigenvalue weighted by Gasteiger charge is 1.68. The van der Waals surface area contributed by atoms with Crippen molar-refractivity contribution in [1.82, 2.24) is 0 Å². The normalized spacial score (nSPS) is 8.00. The van der Waals surface area contributed by atoms with Crippen LogP contribution in [0, 0.1) is 0 Å². The summed E-state index contributed by atoms with van der Waals surface area (Å²) in [6.07, 6.45) is 0. The highest BCUT2D eigenvalue weighted by molar-refractivity contribution is 9.09. The molecule has 0 aliphatic rings. The Morgan fingerprint density at radius 2 is 1.78 bits per heavy atom. The van der Waals surface area contributed by atoms with Gasteiger partial charge in [-0.25, -0.2) is 0 Å². The first-order chi connectivity index (χ1) is 4.33. The third-order valence-corrected chi connectivity index (χ3v) is 0.705. The van der Waals surface area contributed by atoms with E-state index in [1.165, 1.54) is 0 Å². The van der Waals surface area contributed by atoms with Gasteiger partial charge < -0.3 is 14.9 Å². The van der Waals surface area contributed by atoms with Crippen molar-refractivity contribution in [3.05, 3.63) is 0 Å². The number of aliphatic hydroxyl groups is 2. The molecule has 0 aromatic heterocycles. The molecule has 0 radical (unpaired) electrons. The van der Waals surface area contributed by atoms with E-state index in [2.05, 4.69) is 20.7 Å². The van der Waals surface area contributed by atoms with Gasteiger partial charge in [0.05, 0.1) is 19.8 Å². The SMILES string of the molecule is COCCBr.OCCO. The second-order valence-corrected chi connectivity index (χ2v) is 1.92. The van der Waals surface area contributed by atoms with E-state index in [0.717, 1.165) is 11.9 Å². The van der Waals surface area contributed by atoms with Gasteiger partial charge in [0.25, 0.3) is 0 Å². The van der Waals surface area contributed by atoms with Gasteiger partial charge >= 0.3 is 0 Å². The maximum absolute atomic E-state index is 7.62. The van der Waals surface area contributed by atoms with Crippen LogP contribution in [0.3, 0.4) is 0 Å². The lowest BCUT2D eigenvalue weighted by Crippen LogP contribution is -1.85. The lowest BCUT2D eigenvalue weighted by atomic mass is 10.8. The number of methoxy groups -OCH3 is 1. The molecular weight excluding hydrogens is 188 g/mol. The van der Waals surface area contributed by atoms with Crippen LogP contribution in [-0.2, 0) is 4.74 Å².